The molecule has 1 aliphatic rings. The first-order chi connectivity index (χ1) is 17.6. The smallest absolute Gasteiger partial charge is 0.259 e. The van der Waals surface area contributed by atoms with Gasteiger partial charge >= 0.3 is 0 Å². The van der Waals surface area contributed by atoms with Crippen molar-refractivity contribution in [3.8, 4) is 17.2 Å². The van der Waals surface area contributed by atoms with Crippen LogP contribution in [0.1, 0.15) is 61.5 Å². The monoisotopic (exact) mass is 480 g/mol. The van der Waals surface area contributed by atoms with Crippen molar-refractivity contribution in [3.05, 3.63) is 87.6 Å². The Kier molecular flexibility index (Phi) is 6.97. The largest absolute Gasteiger partial charge is 0.303 e. The number of aryl methyl sites for hydroxylation is 1. The van der Waals surface area contributed by atoms with Crippen LogP contribution in [0.15, 0.2) is 59.7 Å². The molecule has 2 aromatic carbocycles. The molecule has 7 heteroatoms. The molecule has 2 aromatic heterocycles. The third kappa shape index (κ3) is 4.45. The SMILES string of the molecule is CCCc1c(Cc2ccc(-c3ccccc3C#N)cc2)c(=O)n(C2CCN(CC)CC2)c2ncnn12. The second kappa shape index (κ2) is 10.5. The van der Waals surface area contributed by atoms with Gasteiger partial charge in [-0.25, -0.2) is 4.52 Å². The fourth-order valence-corrected chi connectivity index (χ4v) is 5.41. The Morgan fingerprint density at radius 2 is 1.81 bits per heavy atom. The van der Waals surface area contributed by atoms with Crippen LogP contribution < -0.4 is 5.56 Å². The highest BCUT2D eigenvalue weighted by Gasteiger charge is 2.26. The minimum Gasteiger partial charge on any atom is -0.303 e. The molecular formula is C29H32N6O. The Labute approximate surface area is 211 Å². The summed E-state index contributed by atoms with van der Waals surface area (Å²) in [5, 5.41) is 14.0. The van der Waals surface area contributed by atoms with Crippen LogP contribution in [-0.2, 0) is 12.8 Å². The zero-order chi connectivity index (χ0) is 25.1. The third-order valence-corrected chi connectivity index (χ3v) is 7.38. The number of benzene rings is 2. The van der Waals surface area contributed by atoms with Gasteiger partial charge in [0.25, 0.3) is 5.56 Å². The Bertz CT molecular complexity index is 1450. The first kappa shape index (κ1) is 24.0. The van der Waals surface area contributed by atoms with Gasteiger partial charge in [-0.05, 0) is 48.6 Å². The van der Waals surface area contributed by atoms with Crippen molar-refractivity contribution >= 4 is 5.78 Å². The van der Waals surface area contributed by atoms with Gasteiger partial charge in [0.2, 0.25) is 5.78 Å². The van der Waals surface area contributed by atoms with Gasteiger partial charge < -0.3 is 4.90 Å². The van der Waals surface area contributed by atoms with Crippen molar-refractivity contribution in [1.29, 1.82) is 5.26 Å². The predicted octanol–water partition coefficient (Wildman–Crippen LogP) is 4.63. The van der Waals surface area contributed by atoms with E-state index in [0.717, 1.165) is 73.3 Å². The number of rotatable bonds is 7. The lowest BCUT2D eigenvalue weighted by Crippen LogP contribution is -2.39. The maximum Gasteiger partial charge on any atom is 0.259 e. The lowest BCUT2D eigenvalue weighted by molar-refractivity contribution is 0.193. The van der Waals surface area contributed by atoms with Crippen molar-refractivity contribution in [2.45, 2.75) is 52.0 Å². The number of piperidine rings is 1. The Hall–Kier alpha value is -3.76. The number of hydrogen-bond donors (Lipinski definition) is 0. The summed E-state index contributed by atoms with van der Waals surface area (Å²) < 4.78 is 3.80. The fraction of sp³-hybridized carbons (Fsp3) is 0.379. The van der Waals surface area contributed by atoms with E-state index in [1.165, 1.54) is 0 Å². The average Bonchev–Trinajstić information content (AvgIpc) is 3.41. The maximum atomic E-state index is 14.0. The predicted molar refractivity (Wildman–Crippen MR) is 141 cm³/mol. The number of aromatic nitrogens is 4. The van der Waals surface area contributed by atoms with E-state index in [1.807, 2.05) is 45.5 Å². The molecule has 5 rings (SSSR count). The van der Waals surface area contributed by atoms with Gasteiger partial charge in [-0.2, -0.15) is 15.3 Å². The number of nitriles is 1. The number of fused-ring (bicyclic) bond motifs is 1. The number of nitrogens with zero attached hydrogens (tertiary/aromatic N) is 6. The van der Waals surface area contributed by atoms with E-state index in [-0.39, 0.29) is 11.6 Å². The van der Waals surface area contributed by atoms with Crippen LogP contribution in [0.25, 0.3) is 16.9 Å². The molecule has 0 spiro atoms. The van der Waals surface area contributed by atoms with E-state index < -0.39 is 0 Å². The summed E-state index contributed by atoms with van der Waals surface area (Å²) >= 11 is 0. The zero-order valence-electron chi connectivity index (χ0n) is 21.0. The van der Waals surface area contributed by atoms with Crippen molar-refractivity contribution in [1.82, 2.24) is 24.1 Å². The second-order valence-electron chi connectivity index (χ2n) is 9.52. The van der Waals surface area contributed by atoms with Gasteiger partial charge in [0.15, 0.2) is 0 Å². The van der Waals surface area contributed by atoms with Crippen LogP contribution in [0.4, 0.5) is 0 Å². The van der Waals surface area contributed by atoms with Gasteiger partial charge in [-0.1, -0.05) is 62.7 Å². The summed E-state index contributed by atoms with van der Waals surface area (Å²) in [5.41, 5.74) is 5.46. The first-order valence-electron chi connectivity index (χ1n) is 12.9. The molecule has 0 bridgehead atoms. The molecule has 36 heavy (non-hydrogen) atoms. The first-order valence-corrected chi connectivity index (χ1v) is 12.9. The van der Waals surface area contributed by atoms with Crippen LogP contribution in [0.5, 0.6) is 0 Å². The minimum absolute atomic E-state index is 0.0628. The molecule has 0 unspecified atom stereocenters. The van der Waals surface area contributed by atoms with E-state index in [4.69, 9.17) is 0 Å². The van der Waals surface area contributed by atoms with Crippen molar-refractivity contribution < 1.29 is 0 Å². The summed E-state index contributed by atoms with van der Waals surface area (Å²) in [6.07, 6.45) is 5.68. The zero-order valence-corrected chi connectivity index (χ0v) is 21.0. The van der Waals surface area contributed by atoms with E-state index in [0.29, 0.717) is 17.8 Å². The summed E-state index contributed by atoms with van der Waals surface area (Å²) in [6.45, 7) is 7.33. The highest BCUT2D eigenvalue weighted by molar-refractivity contribution is 5.70. The summed E-state index contributed by atoms with van der Waals surface area (Å²) in [7, 11) is 0. The number of likely N-dealkylation sites (tertiary alicyclic amines) is 1. The van der Waals surface area contributed by atoms with Gasteiger partial charge in [-0.3, -0.25) is 9.36 Å². The van der Waals surface area contributed by atoms with Crippen LogP contribution in [0, 0.1) is 11.3 Å². The van der Waals surface area contributed by atoms with Crippen molar-refractivity contribution in [3.63, 3.8) is 0 Å². The molecule has 7 nitrogen and oxygen atoms in total. The molecule has 0 radical (unpaired) electrons. The third-order valence-electron chi connectivity index (χ3n) is 7.38. The molecule has 184 valence electrons. The Morgan fingerprint density at radius 3 is 2.50 bits per heavy atom. The van der Waals surface area contributed by atoms with Crippen LogP contribution in [-0.4, -0.2) is 43.7 Å². The second-order valence-corrected chi connectivity index (χ2v) is 9.52. The lowest BCUT2D eigenvalue weighted by Gasteiger charge is -2.32. The normalized spacial score (nSPS) is 14.8. The van der Waals surface area contributed by atoms with Gasteiger partial charge in [0, 0.05) is 31.1 Å². The van der Waals surface area contributed by atoms with Gasteiger partial charge in [0.05, 0.1) is 17.3 Å². The molecule has 1 aliphatic heterocycles. The van der Waals surface area contributed by atoms with E-state index in [2.05, 4.69) is 47.0 Å². The molecule has 0 amide bonds. The molecular weight excluding hydrogens is 448 g/mol. The molecule has 1 fully saturated rings. The van der Waals surface area contributed by atoms with E-state index >= 15 is 0 Å². The fourth-order valence-electron chi connectivity index (χ4n) is 5.41. The molecule has 1 saturated heterocycles. The lowest BCUT2D eigenvalue weighted by atomic mass is 9.96. The summed E-state index contributed by atoms with van der Waals surface area (Å²) in [6, 6.07) is 18.2. The van der Waals surface area contributed by atoms with E-state index in [1.54, 1.807) is 6.33 Å². The van der Waals surface area contributed by atoms with Gasteiger partial charge in [0.1, 0.15) is 6.33 Å². The van der Waals surface area contributed by atoms with Crippen LogP contribution in [0.3, 0.4) is 0 Å². The minimum atomic E-state index is 0.0628. The molecule has 0 atom stereocenters. The van der Waals surface area contributed by atoms with Gasteiger partial charge in [-0.15, -0.1) is 0 Å². The Morgan fingerprint density at radius 1 is 1.06 bits per heavy atom. The standard InChI is InChI=1S/C29H32N6O/c1-3-7-27-26(18-21-10-12-22(13-11-21)25-9-6-5-8-23(25)19-30)28(36)34(29-31-20-32-35(27)29)24-14-16-33(4-2)17-15-24/h5-6,8-13,20,24H,3-4,7,14-18H2,1-2H3. The van der Waals surface area contributed by atoms with Crippen molar-refractivity contribution in [2.75, 3.05) is 19.6 Å². The average molecular weight is 481 g/mol. The quantitative estimate of drug-likeness (QED) is 0.385. The topological polar surface area (TPSA) is 79.2 Å². The molecule has 3 heterocycles. The highest BCUT2D eigenvalue weighted by atomic mass is 16.1. The molecule has 4 aromatic rings. The van der Waals surface area contributed by atoms with Crippen molar-refractivity contribution in [2.24, 2.45) is 0 Å². The van der Waals surface area contributed by atoms with Crippen LogP contribution in [0.2, 0.25) is 0 Å². The molecule has 0 N–H and O–H groups in total. The molecule has 0 aliphatic carbocycles. The Balaban J connectivity index is 1.54. The highest BCUT2D eigenvalue weighted by Crippen LogP contribution is 2.26. The van der Waals surface area contributed by atoms with Crippen LogP contribution >= 0.6 is 0 Å². The molecule has 0 saturated carbocycles. The van der Waals surface area contributed by atoms with E-state index in [9.17, 15) is 10.1 Å². The maximum absolute atomic E-state index is 14.0. The number of hydrogen-bond acceptors (Lipinski definition) is 5. The summed E-state index contributed by atoms with van der Waals surface area (Å²) in [5.74, 6) is 0.658. The summed E-state index contributed by atoms with van der Waals surface area (Å²) in [4.78, 5) is 21.0.